The van der Waals surface area contributed by atoms with E-state index in [0.29, 0.717) is 12.2 Å². The second-order valence-corrected chi connectivity index (χ2v) is 12.3. The topological polar surface area (TPSA) is 55.8 Å². The average Bonchev–Trinajstić information content (AvgIpc) is 2.80. The Morgan fingerprint density at radius 1 is 0.972 bits per heavy atom. The summed E-state index contributed by atoms with van der Waals surface area (Å²) < 4.78 is 11.8. The fourth-order valence-electron chi connectivity index (χ4n) is 5.70. The summed E-state index contributed by atoms with van der Waals surface area (Å²) in [6.45, 7) is 17.8. The van der Waals surface area contributed by atoms with Gasteiger partial charge in [0, 0.05) is 11.1 Å². The quantitative estimate of drug-likeness (QED) is 0.244. The summed E-state index contributed by atoms with van der Waals surface area (Å²) in [6, 6.07) is 0. The van der Waals surface area contributed by atoms with E-state index in [0.717, 1.165) is 59.5 Å². The monoisotopic (exact) mass is 502 g/mol. The van der Waals surface area contributed by atoms with E-state index < -0.39 is 0 Å². The molecule has 0 spiro atoms. The van der Waals surface area contributed by atoms with Gasteiger partial charge >= 0.3 is 5.97 Å². The van der Waals surface area contributed by atoms with Crippen LogP contribution in [-0.4, -0.2) is 23.3 Å². The lowest BCUT2D eigenvalue weighted by atomic mass is 9.83. The third-order valence-electron chi connectivity index (χ3n) is 8.34. The maximum atomic E-state index is 12.2. The molecule has 0 fully saturated rings. The van der Waals surface area contributed by atoms with Crippen molar-refractivity contribution in [2.24, 2.45) is 17.8 Å². The third-order valence-corrected chi connectivity index (χ3v) is 8.34. The van der Waals surface area contributed by atoms with Gasteiger partial charge in [-0.2, -0.15) is 0 Å². The Morgan fingerprint density at radius 3 is 2.14 bits per heavy atom. The van der Waals surface area contributed by atoms with E-state index in [2.05, 4.69) is 34.6 Å². The molecule has 2 rings (SSSR count). The summed E-state index contributed by atoms with van der Waals surface area (Å²) in [5, 5.41) is 10.8. The lowest BCUT2D eigenvalue weighted by Gasteiger charge is -2.38. The SMILES string of the molecule is CCOC(=O)Cc1c(O)c(C)c(C)c2c1CC[C@@](C)(CCC[C@H](C)CCC[C@H](C)CCCC(C)C)O2. The first kappa shape index (κ1) is 30.5. The summed E-state index contributed by atoms with van der Waals surface area (Å²) >= 11 is 0. The normalized spacial score (nSPS) is 19.0. The molecule has 206 valence electrons. The highest BCUT2D eigenvalue weighted by molar-refractivity contribution is 5.76. The predicted molar refractivity (Wildman–Crippen MR) is 150 cm³/mol. The summed E-state index contributed by atoms with van der Waals surface area (Å²) in [5.74, 6) is 3.22. The van der Waals surface area contributed by atoms with Crippen LogP contribution in [0.4, 0.5) is 0 Å². The predicted octanol–water partition coefficient (Wildman–Crippen LogP) is 8.64. The molecule has 0 aromatic heterocycles. The van der Waals surface area contributed by atoms with Crippen LogP contribution >= 0.6 is 0 Å². The zero-order chi connectivity index (χ0) is 26.9. The molecule has 1 aromatic carbocycles. The van der Waals surface area contributed by atoms with Crippen molar-refractivity contribution in [2.45, 2.75) is 138 Å². The smallest absolute Gasteiger partial charge is 0.310 e. The summed E-state index contributed by atoms with van der Waals surface area (Å²) in [7, 11) is 0. The molecule has 0 unspecified atom stereocenters. The molecule has 4 heteroatoms. The molecule has 0 bridgehead atoms. The van der Waals surface area contributed by atoms with E-state index in [-0.39, 0.29) is 23.7 Å². The molecular formula is C32H54O4. The third kappa shape index (κ3) is 8.99. The minimum Gasteiger partial charge on any atom is -0.507 e. The maximum Gasteiger partial charge on any atom is 0.310 e. The molecule has 1 aliphatic heterocycles. The Morgan fingerprint density at radius 2 is 1.56 bits per heavy atom. The largest absolute Gasteiger partial charge is 0.507 e. The van der Waals surface area contributed by atoms with Crippen LogP contribution in [0.2, 0.25) is 0 Å². The van der Waals surface area contributed by atoms with Crippen LogP contribution in [0.25, 0.3) is 0 Å². The first-order valence-corrected chi connectivity index (χ1v) is 14.7. The number of phenols is 1. The number of aromatic hydroxyl groups is 1. The van der Waals surface area contributed by atoms with E-state index in [9.17, 15) is 9.90 Å². The van der Waals surface area contributed by atoms with Crippen LogP contribution in [0, 0.1) is 31.6 Å². The van der Waals surface area contributed by atoms with E-state index in [1.807, 2.05) is 13.8 Å². The number of fused-ring (bicyclic) bond motifs is 1. The fraction of sp³-hybridized carbons (Fsp3) is 0.781. The van der Waals surface area contributed by atoms with Crippen molar-refractivity contribution in [2.75, 3.05) is 6.61 Å². The molecule has 1 aromatic rings. The van der Waals surface area contributed by atoms with Gasteiger partial charge in [-0.1, -0.05) is 72.6 Å². The van der Waals surface area contributed by atoms with E-state index >= 15 is 0 Å². The molecule has 1 N–H and O–H groups in total. The number of hydrogen-bond acceptors (Lipinski definition) is 4. The Bertz CT molecular complexity index is 843. The van der Waals surface area contributed by atoms with Gasteiger partial charge in [0.1, 0.15) is 17.1 Å². The van der Waals surface area contributed by atoms with Crippen molar-refractivity contribution in [3.05, 3.63) is 22.3 Å². The minimum absolute atomic E-state index is 0.0943. The first-order valence-electron chi connectivity index (χ1n) is 14.7. The summed E-state index contributed by atoms with van der Waals surface area (Å²) in [4.78, 5) is 12.2. The Labute approximate surface area is 221 Å². The highest BCUT2D eigenvalue weighted by Gasteiger charge is 2.35. The van der Waals surface area contributed by atoms with Gasteiger partial charge in [-0.05, 0) is 82.3 Å². The van der Waals surface area contributed by atoms with Crippen molar-refractivity contribution in [3.63, 3.8) is 0 Å². The van der Waals surface area contributed by atoms with Crippen LogP contribution in [0.3, 0.4) is 0 Å². The maximum absolute atomic E-state index is 12.2. The van der Waals surface area contributed by atoms with Crippen LogP contribution in [0.15, 0.2) is 0 Å². The number of esters is 1. The molecule has 0 saturated carbocycles. The average molecular weight is 503 g/mol. The van der Waals surface area contributed by atoms with Crippen molar-refractivity contribution >= 4 is 5.97 Å². The molecule has 0 amide bonds. The highest BCUT2D eigenvalue weighted by atomic mass is 16.5. The number of benzene rings is 1. The standard InChI is InChI=1S/C32H54O4/c1-9-35-29(33)21-28-27-18-20-32(8,36-31(27)26(7)25(6)30(28)34)19-12-17-24(5)16-11-15-23(4)14-10-13-22(2)3/h22-24,34H,9-21H2,1-8H3/t23-,24-,32-/m1/s1. The molecule has 1 aliphatic rings. The number of carbonyl (C=O) groups is 1. The molecule has 4 nitrogen and oxygen atoms in total. The van der Waals surface area contributed by atoms with Gasteiger partial charge in [0.25, 0.3) is 0 Å². The van der Waals surface area contributed by atoms with Crippen LogP contribution in [-0.2, 0) is 22.4 Å². The zero-order valence-corrected chi connectivity index (χ0v) is 24.6. The molecule has 0 saturated heterocycles. The molecule has 1 heterocycles. The van der Waals surface area contributed by atoms with Crippen molar-refractivity contribution in [3.8, 4) is 11.5 Å². The van der Waals surface area contributed by atoms with Gasteiger partial charge in [0.15, 0.2) is 0 Å². The molecule has 3 atom stereocenters. The second-order valence-electron chi connectivity index (χ2n) is 12.3. The molecule has 0 radical (unpaired) electrons. The van der Waals surface area contributed by atoms with Crippen molar-refractivity contribution in [1.29, 1.82) is 0 Å². The Hall–Kier alpha value is -1.71. The number of ether oxygens (including phenoxy) is 2. The zero-order valence-electron chi connectivity index (χ0n) is 24.6. The number of carbonyl (C=O) groups excluding carboxylic acids is 1. The Kier molecular flexibility index (Phi) is 12.1. The van der Waals surface area contributed by atoms with E-state index in [4.69, 9.17) is 9.47 Å². The van der Waals surface area contributed by atoms with Gasteiger partial charge in [-0.15, -0.1) is 0 Å². The lowest BCUT2D eigenvalue weighted by Crippen LogP contribution is -2.37. The van der Waals surface area contributed by atoms with Crippen molar-refractivity contribution in [1.82, 2.24) is 0 Å². The molecule has 0 aliphatic carbocycles. The van der Waals surface area contributed by atoms with Gasteiger partial charge in [-0.25, -0.2) is 0 Å². The summed E-state index contributed by atoms with van der Waals surface area (Å²) in [6.07, 6.45) is 13.4. The first-order chi connectivity index (χ1) is 17.0. The van der Waals surface area contributed by atoms with Gasteiger partial charge < -0.3 is 14.6 Å². The van der Waals surface area contributed by atoms with Gasteiger partial charge in [0.05, 0.1) is 13.0 Å². The van der Waals surface area contributed by atoms with E-state index in [1.165, 1.54) is 51.4 Å². The fourth-order valence-corrected chi connectivity index (χ4v) is 5.70. The number of rotatable bonds is 15. The second kappa shape index (κ2) is 14.3. The highest BCUT2D eigenvalue weighted by Crippen LogP contribution is 2.45. The minimum atomic E-state index is -0.300. The van der Waals surface area contributed by atoms with Gasteiger partial charge in [0.2, 0.25) is 0 Å². The number of hydrogen-bond donors (Lipinski definition) is 1. The van der Waals surface area contributed by atoms with Crippen LogP contribution < -0.4 is 4.74 Å². The Balaban J connectivity index is 1.87. The van der Waals surface area contributed by atoms with Gasteiger partial charge in [-0.3, -0.25) is 4.79 Å². The van der Waals surface area contributed by atoms with Crippen molar-refractivity contribution < 1.29 is 19.4 Å². The molecular weight excluding hydrogens is 448 g/mol. The van der Waals surface area contributed by atoms with Crippen LogP contribution in [0.1, 0.15) is 128 Å². The van der Waals surface area contributed by atoms with E-state index in [1.54, 1.807) is 6.92 Å². The number of phenolic OH excluding ortho intramolecular Hbond substituents is 1. The van der Waals surface area contributed by atoms with Crippen LogP contribution in [0.5, 0.6) is 11.5 Å². The summed E-state index contributed by atoms with van der Waals surface area (Å²) in [5.41, 5.74) is 3.24. The molecule has 36 heavy (non-hydrogen) atoms. The lowest BCUT2D eigenvalue weighted by molar-refractivity contribution is -0.142.